The van der Waals surface area contributed by atoms with Gasteiger partial charge in [-0.1, -0.05) is 0 Å². The Hall–Kier alpha value is 0.0700. The van der Waals surface area contributed by atoms with Crippen LogP contribution in [0.2, 0.25) is 0 Å². The standard InChI is InChI=1S/C3H9N.H3O4P/c1-3(2)4;1-5(2,3)4/h3H,4H2,1-2H3;(H3,1,2,3,4). The molecular formula is C3H12NO4P. The van der Waals surface area contributed by atoms with Crippen LogP contribution in [0.1, 0.15) is 13.8 Å². The van der Waals surface area contributed by atoms with Gasteiger partial charge < -0.3 is 20.4 Å². The van der Waals surface area contributed by atoms with Crippen molar-refractivity contribution in [2.75, 3.05) is 0 Å². The van der Waals surface area contributed by atoms with Crippen LogP contribution in [0.4, 0.5) is 0 Å². The highest BCUT2D eigenvalue weighted by molar-refractivity contribution is 7.43. The molecule has 6 heteroatoms. The van der Waals surface area contributed by atoms with E-state index in [1.54, 1.807) is 0 Å². The number of hydrogen-bond acceptors (Lipinski definition) is 2. The van der Waals surface area contributed by atoms with Crippen molar-refractivity contribution in [3.63, 3.8) is 0 Å². The highest BCUT2D eigenvalue weighted by Gasteiger charge is 1.82. The summed E-state index contributed by atoms with van der Waals surface area (Å²) in [5, 5.41) is 0. The van der Waals surface area contributed by atoms with Crippen molar-refractivity contribution in [3.05, 3.63) is 0 Å². The van der Waals surface area contributed by atoms with Crippen molar-refractivity contribution in [2.45, 2.75) is 19.9 Å². The summed E-state index contributed by atoms with van der Waals surface area (Å²) in [6.07, 6.45) is 0. The second kappa shape index (κ2) is 4.90. The molecule has 0 unspecified atom stereocenters. The summed E-state index contributed by atoms with van der Waals surface area (Å²) >= 11 is 0. The fourth-order valence-electron chi connectivity index (χ4n) is 0. The Bertz CT molecular complexity index is 87.0. The first-order chi connectivity index (χ1) is 3.73. The van der Waals surface area contributed by atoms with Gasteiger partial charge in [-0.3, -0.25) is 4.57 Å². The summed E-state index contributed by atoms with van der Waals surface area (Å²) in [7, 11) is -4.89. The first-order valence-electron chi connectivity index (χ1n) is 2.33. The average molecular weight is 157 g/mol. The molecular weight excluding hydrogens is 145 g/mol. The summed E-state index contributed by atoms with van der Waals surface area (Å²) in [4.78, 5) is 22.9. The zero-order valence-corrected chi connectivity index (χ0v) is 6.34. The van der Waals surface area contributed by atoms with Crippen molar-refractivity contribution < 1.29 is 25.0 Å². The molecule has 0 radical (unpaired) electrons. The summed E-state index contributed by atoms with van der Waals surface area (Å²) in [5.41, 5.74) is 3.64. The Labute approximate surface area is 53.7 Å². The van der Waals surface area contributed by atoms with Gasteiger partial charge in [-0.15, -0.1) is 0 Å². The predicted molar refractivity (Wildman–Crippen MR) is 30.1 cm³/mol. The first kappa shape index (κ1) is 11.8. The lowest BCUT2D eigenvalue weighted by Crippen LogP contribution is -2.57. The van der Waals surface area contributed by atoms with E-state index in [1.807, 2.05) is 0 Å². The number of rotatable bonds is 0. The molecule has 58 valence electrons. The molecule has 5 nitrogen and oxygen atoms in total. The fraction of sp³-hybridized carbons (Fsp3) is 1.00. The van der Waals surface area contributed by atoms with Gasteiger partial charge in [0.2, 0.25) is 0 Å². The van der Waals surface area contributed by atoms with Gasteiger partial charge in [-0.05, 0) is 13.8 Å². The molecule has 0 aliphatic heterocycles. The summed E-state index contributed by atoms with van der Waals surface area (Å²) in [6.45, 7) is 4.11. The lowest BCUT2D eigenvalue weighted by atomic mass is 10.5. The molecule has 0 heterocycles. The van der Waals surface area contributed by atoms with Crippen LogP contribution >= 0.6 is 7.82 Å². The second-order valence-electron chi connectivity index (χ2n) is 1.88. The van der Waals surface area contributed by atoms with E-state index >= 15 is 0 Å². The normalized spacial score (nSPS) is 10.6. The van der Waals surface area contributed by atoms with E-state index in [9.17, 15) is 0 Å². The molecule has 0 aromatic heterocycles. The van der Waals surface area contributed by atoms with Gasteiger partial charge in [0, 0.05) is 0 Å². The Kier molecular flexibility index (Phi) is 6.44. The fourth-order valence-corrected chi connectivity index (χ4v) is 0. The number of phosphoric acid groups is 1. The zero-order valence-electron chi connectivity index (χ0n) is 5.44. The van der Waals surface area contributed by atoms with Crippen LogP contribution in [-0.4, -0.2) is 15.8 Å². The smallest absolute Gasteiger partial charge is 0.262 e. The van der Waals surface area contributed by atoms with Crippen molar-refractivity contribution in [1.29, 1.82) is 0 Å². The minimum Gasteiger partial charge on any atom is -0.756 e. The van der Waals surface area contributed by atoms with Gasteiger partial charge in [0.25, 0.3) is 7.82 Å². The Morgan fingerprint density at radius 3 is 1.56 bits per heavy atom. The third-order valence-corrected chi connectivity index (χ3v) is 0. The third kappa shape index (κ3) is 60700. The Balaban J connectivity index is 0. The summed E-state index contributed by atoms with van der Waals surface area (Å²) in [5.74, 6) is 0. The molecule has 0 aromatic carbocycles. The van der Waals surface area contributed by atoms with Gasteiger partial charge in [-0.25, -0.2) is 0 Å². The molecule has 0 fully saturated rings. The molecule has 0 spiro atoms. The van der Waals surface area contributed by atoms with Crippen molar-refractivity contribution >= 4 is 7.82 Å². The van der Waals surface area contributed by atoms with E-state index in [2.05, 4.69) is 19.6 Å². The molecule has 0 rings (SSSR count). The van der Waals surface area contributed by atoms with E-state index in [-0.39, 0.29) is 0 Å². The van der Waals surface area contributed by atoms with Crippen LogP contribution in [0.15, 0.2) is 0 Å². The molecule has 0 bridgehead atoms. The number of quaternary nitrogens is 1. The lowest BCUT2D eigenvalue weighted by Gasteiger charge is -2.01. The van der Waals surface area contributed by atoms with Crippen molar-refractivity contribution in [2.24, 2.45) is 0 Å². The average Bonchev–Trinajstić information content (AvgIpc) is 1.19. The summed E-state index contributed by atoms with van der Waals surface area (Å²) in [6, 6.07) is 0.583. The molecule has 0 aliphatic carbocycles. The van der Waals surface area contributed by atoms with E-state index in [1.165, 1.54) is 0 Å². The van der Waals surface area contributed by atoms with Crippen LogP contribution in [0.3, 0.4) is 0 Å². The van der Waals surface area contributed by atoms with E-state index in [4.69, 9.17) is 19.2 Å². The van der Waals surface area contributed by atoms with Gasteiger partial charge in [0.15, 0.2) is 0 Å². The monoisotopic (exact) mass is 157 g/mol. The lowest BCUT2D eigenvalue weighted by molar-refractivity contribution is -0.407. The molecule has 0 aliphatic rings. The van der Waals surface area contributed by atoms with Gasteiger partial charge in [-0.2, -0.15) is 0 Å². The first-order valence-corrected chi connectivity index (χ1v) is 3.86. The van der Waals surface area contributed by atoms with Crippen LogP contribution in [0.25, 0.3) is 0 Å². The molecule has 0 saturated heterocycles. The number of hydrogen-bond donors (Lipinski definition) is 3. The summed E-state index contributed by atoms with van der Waals surface area (Å²) < 4.78 is 8.77. The van der Waals surface area contributed by atoms with E-state index < -0.39 is 7.82 Å². The Morgan fingerprint density at radius 2 is 1.56 bits per heavy atom. The molecule has 0 saturated carbocycles. The highest BCUT2D eigenvalue weighted by Crippen LogP contribution is 2.18. The molecule has 0 aromatic rings. The van der Waals surface area contributed by atoms with Gasteiger partial charge in [0.05, 0.1) is 6.04 Å². The third-order valence-electron chi connectivity index (χ3n) is 0. The molecule has 0 amide bonds. The largest absolute Gasteiger partial charge is 0.756 e. The maximum atomic E-state index is 8.77. The predicted octanol–water partition coefficient (Wildman–Crippen LogP) is -1.92. The van der Waals surface area contributed by atoms with Crippen LogP contribution in [0.5, 0.6) is 0 Å². The second-order valence-corrected chi connectivity index (χ2v) is 2.87. The maximum Gasteiger partial charge on any atom is 0.262 e. The van der Waals surface area contributed by atoms with Crippen molar-refractivity contribution in [3.8, 4) is 0 Å². The maximum absolute atomic E-state index is 8.77. The zero-order chi connectivity index (χ0) is 8.08. The SMILES string of the molecule is CC(C)[NH3+].O=P([O-])(O)O. The minimum absolute atomic E-state index is 0.583. The van der Waals surface area contributed by atoms with E-state index in [0.29, 0.717) is 6.04 Å². The van der Waals surface area contributed by atoms with Gasteiger partial charge >= 0.3 is 0 Å². The molecule has 9 heavy (non-hydrogen) atoms. The Morgan fingerprint density at radius 1 is 1.56 bits per heavy atom. The highest BCUT2D eigenvalue weighted by atomic mass is 31.2. The molecule has 0 atom stereocenters. The molecule has 5 N–H and O–H groups in total. The minimum atomic E-state index is -4.89. The van der Waals surface area contributed by atoms with Crippen LogP contribution in [0, 0.1) is 0 Å². The van der Waals surface area contributed by atoms with Crippen LogP contribution in [-0.2, 0) is 4.57 Å². The van der Waals surface area contributed by atoms with Crippen LogP contribution < -0.4 is 10.6 Å². The van der Waals surface area contributed by atoms with Crippen molar-refractivity contribution in [1.82, 2.24) is 0 Å². The quantitative estimate of drug-likeness (QED) is 0.356. The van der Waals surface area contributed by atoms with Gasteiger partial charge in [0.1, 0.15) is 0 Å². The van der Waals surface area contributed by atoms with E-state index in [0.717, 1.165) is 0 Å². The topological polar surface area (TPSA) is 108 Å².